The third-order valence-electron chi connectivity index (χ3n) is 4.72. The number of ether oxygens (including phenoxy) is 3. The van der Waals surface area contributed by atoms with E-state index >= 15 is 0 Å². The first-order valence-corrected chi connectivity index (χ1v) is 9.69. The fraction of sp³-hybridized carbons (Fsp3) is 0.167. The number of para-hydroxylation sites is 2. The van der Waals surface area contributed by atoms with Crippen molar-refractivity contribution in [1.29, 1.82) is 0 Å². The van der Waals surface area contributed by atoms with Crippen LogP contribution in [-0.2, 0) is 11.3 Å². The number of rotatable bonds is 9. The lowest BCUT2D eigenvalue weighted by Gasteiger charge is -2.10. The molecule has 0 bridgehead atoms. The molecule has 0 atom stereocenters. The summed E-state index contributed by atoms with van der Waals surface area (Å²) in [7, 11) is 1.56. The molecule has 0 spiro atoms. The van der Waals surface area contributed by atoms with Gasteiger partial charge in [-0.1, -0.05) is 36.4 Å². The number of ketones is 1. The molecule has 0 aromatic heterocycles. The van der Waals surface area contributed by atoms with Gasteiger partial charge >= 0.3 is 5.97 Å². The summed E-state index contributed by atoms with van der Waals surface area (Å²) in [6.45, 7) is 1.34. The van der Waals surface area contributed by atoms with E-state index in [1.54, 1.807) is 50.4 Å². The molecule has 0 saturated heterocycles. The molecule has 3 rings (SSSR count). The standard InChI is InChI=1S/C24H21NO7/c1-16-7-10-19(13-20(16)25(28)29)21(26)15-32-24(27)18-11-8-17(9-12-18)14-31-23-6-4-3-5-22(23)30-2/h3-13H,14-15H2,1-2H3. The third kappa shape index (κ3) is 5.48. The lowest BCUT2D eigenvalue weighted by molar-refractivity contribution is -0.385. The molecule has 0 unspecified atom stereocenters. The second-order valence-electron chi connectivity index (χ2n) is 6.89. The Balaban J connectivity index is 1.56. The van der Waals surface area contributed by atoms with Gasteiger partial charge < -0.3 is 14.2 Å². The number of carbonyl (C=O) groups is 2. The number of methoxy groups -OCH3 is 1. The minimum atomic E-state index is -0.669. The van der Waals surface area contributed by atoms with Gasteiger partial charge in [0.2, 0.25) is 5.78 Å². The first-order chi connectivity index (χ1) is 15.4. The summed E-state index contributed by atoms with van der Waals surface area (Å²) in [5.74, 6) is 0.0325. The summed E-state index contributed by atoms with van der Waals surface area (Å²) in [5, 5.41) is 11.0. The summed E-state index contributed by atoms with van der Waals surface area (Å²) in [6, 6.07) is 18.0. The van der Waals surface area contributed by atoms with Crippen molar-refractivity contribution in [1.82, 2.24) is 0 Å². The Labute approximate surface area is 184 Å². The molecule has 0 aliphatic heterocycles. The van der Waals surface area contributed by atoms with Crippen molar-refractivity contribution in [2.75, 3.05) is 13.7 Å². The Kier molecular flexibility index (Phi) is 7.17. The minimum absolute atomic E-state index is 0.110. The summed E-state index contributed by atoms with van der Waals surface area (Å²) < 4.78 is 16.1. The van der Waals surface area contributed by atoms with Gasteiger partial charge in [0, 0.05) is 17.2 Å². The molecule has 0 amide bonds. The Morgan fingerprint density at radius 3 is 2.25 bits per heavy atom. The highest BCUT2D eigenvalue weighted by Gasteiger charge is 2.17. The number of nitrogens with zero attached hydrogens (tertiary/aromatic N) is 1. The Bertz CT molecular complexity index is 1140. The van der Waals surface area contributed by atoms with E-state index in [4.69, 9.17) is 14.2 Å². The van der Waals surface area contributed by atoms with Crippen molar-refractivity contribution in [3.63, 3.8) is 0 Å². The maximum atomic E-state index is 12.3. The molecule has 3 aromatic rings. The number of nitro benzene ring substituents is 1. The number of hydrogen-bond donors (Lipinski definition) is 0. The zero-order valence-corrected chi connectivity index (χ0v) is 17.6. The predicted molar refractivity (Wildman–Crippen MR) is 116 cm³/mol. The quantitative estimate of drug-likeness (QED) is 0.210. The van der Waals surface area contributed by atoms with Crippen LogP contribution < -0.4 is 9.47 Å². The van der Waals surface area contributed by atoms with E-state index < -0.39 is 23.3 Å². The molecular formula is C24H21NO7. The summed E-state index contributed by atoms with van der Waals surface area (Å²) in [5.41, 5.74) is 1.49. The van der Waals surface area contributed by atoms with Crippen molar-refractivity contribution in [3.8, 4) is 11.5 Å². The van der Waals surface area contributed by atoms with E-state index in [1.165, 1.54) is 18.2 Å². The van der Waals surface area contributed by atoms with E-state index in [0.29, 0.717) is 17.1 Å². The van der Waals surface area contributed by atoms with Crippen LogP contribution in [-0.4, -0.2) is 30.4 Å². The average molecular weight is 435 g/mol. The normalized spacial score (nSPS) is 10.3. The third-order valence-corrected chi connectivity index (χ3v) is 4.72. The largest absolute Gasteiger partial charge is 0.493 e. The SMILES string of the molecule is COc1ccccc1OCc1ccc(C(=O)OCC(=O)c2ccc(C)c([N+](=O)[O-])c2)cc1. The van der Waals surface area contributed by atoms with Crippen LogP contribution in [0.3, 0.4) is 0 Å². The van der Waals surface area contributed by atoms with Crippen molar-refractivity contribution in [2.24, 2.45) is 0 Å². The summed E-state index contributed by atoms with van der Waals surface area (Å²) >= 11 is 0. The number of Topliss-reactive ketones (excluding diaryl/α,β-unsaturated/α-hetero) is 1. The monoisotopic (exact) mass is 435 g/mol. The summed E-state index contributed by atoms with van der Waals surface area (Å²) in [6.07, 6.45) is 0. The van der Waals surface area contributed by atoms with Gasteiger partial charge in [0.05, 0.1) is 17.6 Å². The minimum Gasteiger partial charge on any atom is -0.493 e. The maximum absolute atomic E-state index is 12.3. The molecule has 8 heteroatoms. The molecule has 0 saturated carbocycles. The lowest BCUT2D eigenvalue weighted by atomic mass is 10.1. The molecule has 164 valence electrons. The maximum Gasteiger partial charge on any atom is 0.338 e. The second kappa shape index (κ2) is 10.2. The van der Waals surface area contributed by atoms with Crippen molar-refractivity contribution in [2.45, 2.75) is 13.5 Å². The molecule has 32 heavy (non-hydrogen) atoms. The second-order valence-corrected chi connectivity index (χ2v) is 6.89. The van der Waals surface area contributed by atoms with Crippen LogP contribution in [0, 0.1) is 17.0 Å². The fourth-order valence-corrected chi connectivity index (χ4v) is 2.91. The number of hydrogen-bond acceptors (Lipinski definition) is 7. The van der Waals surface area contributed by atoms with Crippen molar-refractivity contribution in [3.05, 3.63) is 99.1 Å². The summed E-state index contributed by atoms with van der Waals surface area (Å²) in [4.78, 5) is 35.0. The molecule has 0 heterocycles. The van der Waals surface area contributed by atoms with E-state index in [2.05, 4.69) is 0 Å². The molecule has 8 nitrogen and oxygen atoms in total. The highest BCUT2D eigenvalue weighted by Crippen LogP contribution is 2.26. The Morgan fingerprint density at radius 2 is 1.59 bits per heavy atom. The molecule has 0 N–H and O–H groups in total. The average Bonchev–Trinajstić information content (AvgIpc) is 2.81. The van der Waals surface area contributed by atoms with Gasteiger partial charge in [0.15, 0.2) is 18.1 Å². The Morgan fingerprint density at radius 1 is 0.938 bits per heavy atom. The van der Waals surface area contributed by atoms with Gasteiger partial charge in [-0.15, -0.1) is 0 Å². The number of benzene rings is 3. The zero-order valence-electron chi connectivity index (χ0n) is 17.6. The molecular weight excluding hydrogens is 414 g/mol. The zero-order chi connectivity index (χ0) is 23.1. The fourth-order valence-electron chi connectivity index (χ4n) is 2.91. The van der Waals surface area contributed by atoms with Crippen LogP contribution in [0.4, 0.5) is 5.69 Å². The van der Waals surface area contributed by atoms with Crippen LogP contribution in [0.5, 0.6) is 11.5 Å². The van der Waals surface area contributed by atoms with Crippen LogP contribution in [0.2, 0.25) is 0 Å². The van der Waals surface area contributed by atoms with Gasteiger partial charge in [-0.25, -0.2) is 4.79 Å². The first-order valence-electron chi connectivity index (χ1n) is 9.69. The van der Waals surface area contributed by atoms with Gasteiger partial charge in [-0.2, -0.15) is 0 Å². The van der Waals surface area contributed by atoms with E-state index in [9.17, 15) is 19.7 Å². The van der Waals surface area contributed by atoms with E-state index in [0.717, 1.165) is 5.56 Å². The molecule has 0 fully saturated rings. The first kappa shape index (κ1) is 22.5. The number of nitro groups is 1. The van der Waals surface area contributed by atoms with Crippen LogP contribution in [0.1, 0.15) is 31.8 Å². The number of esters is 1. The molecule has 0 aliphatic rings. The van der Waals surface area contributed by atoms with Crippen LogP contribution in [0.15, 0.2) is 66.7 Å². The lowest BCUT2D eigenvalue weighted by Crippen LogP contribution is -2.14. The van der Waals surface area contributed by atoms with Gasteiger partial charge in [0.1, 0.15) is 6.61 Å². The highest BCUT2D eigenvalue weighted by atomic mass is 16.6. The predicted octanol–water partition coefficient (Wildman–Crippen LogP) is 4.53. The van der Waals surface area contributed by atoms with Gasteiger partial charge in [0.25, 0.3) is 5.69 Å². The molecule has 0 aliphatic carbocycles. The van der Waals surface area contributed by atoms with Gasteiger partial charge in [-0.05, 0) is 36.8 Å². The highest BCUT2D eigenvalue weighted by molar-refractivity contribution is 5.99. The Hall–Kier alpha value is -4.20. The smallest absolute Gasteiger partial charge is 0.338 e. The van der Waals surface area contributed by atoms with Crippen molar-refractivity contribution >= 4 is 17.4 Å². The van der Waals surface area contributed by atoms with Gasteiger partial charge in [-0.3, -0.25) is 14.9 Å². The van der Waals surface area contributed by atoms with Crippen molar-refractivity contribution < 1.29 is 28.7 Å². The molecule has 0 radical (unpaired) electrons. The van der Waals surface area contributed by atoms with Crippen LogP contribution in [0.25, 0.3) is 0 Å². The number of carbonyl (C=O) groups excluding carboxylic acids is 2. The van der Waals surface area contributed by atoms with Crippen LogP contribution >= 0.6 is 0 Å². The molecule has 3 aromatic carbocycles. The topological polar surface area (TPSA) is 105 Å². The van der Waals surface area contributed by atoms with E-state index in [1.807, 2.05) is 12.1 Å². The number of aryl methyl sites for hydroxylation is 1. The van der Waals surface area contributed by atoms with E-state index in [-0.39, 0.29) is 23.4 Å².